The fourth-order valence-corrected chi connectivity index (χ4v) is 4.92. The van der Waals surface area contributed by atoms with Crippen molar-refractivity contribution in [2.24, 2.45) is 0 Å². The molecule has 1 aromatic carbocycles. The first-order valence-corrected chi connectivity index (χ1v) is 12.2. The topological polar surface area (TPSA) is 46.4 Å². The molecule has 1 saturated heterocycles. The molecule has 4 heterocycles. The van der Waals surface area contributed by atoms with Crippen molar-refractivity contribution in [1.82, 2.24) is 19.7 Å². The van der Waals surface area contributed by atoms with E-state index in [9.17, 15) is 0 Å². The molecule has 0 amide bonds. The number of aromatic nitrogens is 3. The van der Waals surface area contributed by atoms with Gasteiger partial charge in [-0.2, -0.15) is 5.10 Å². The number of nitrogens with zero attached hydrogens (tertiary/aromatic N) is 5. The number of likely N-dealkylation sites (N-methyl/N-ethyl adjacent to an activating group) is 1. The summed E-state index contributed by atoms with van der Waals surface area (Å²) in [5.74, 6) is 0.565. The highest BCUT2D eigenvalue weighted by Gasteiger charge is 2.30. The maximum absolute atomic E-state index is 6.32. The van der Waals surface area contributed by atoms with Crippen LogP contribution >= 0.6 is 0 Å². The van der Waals surface area contributed by atoms with Crippen molar-refractivity contribution < 1.29 is 4.74 Å². The summed E-state index contributed by atoms with van der Waals surface area (Å²) in [6.45, 7) is 10.1. The second-order valence-corrected chi connectivity index (χ2v) is 9.73. The zero-order valence-electron chi connectivity index (χ0n) is 20.1. The molecule has 0 bridgehead atoms. The number of fused-ring (bicyclic) bond motifs is 1. The molecule has 174 valence electrons. The van der Waals surface area contributed by atoms with Gasteiger partial charge < -0.3 is 9.64 Å². The van der Waals surface area contributed by atoms with Crippen LogP contribution in [0, 0.1) is 0 Å². The Kier molecular flexibility index (Phi) is 6.47. The largest absolute Gasteiger partial charge is 0.373 e. The monoisotopic (exact) mass is 445 g/mol. The molecule has 2 aromatic heterocycles. The van der Waals surface area contributed by atoms with Crippen LogP contribution in [0.2, 0.25) is 0 Å². The Labute approximate surface area is 197 Å². The molecule has 0 aliphatic carbocycles. The minimum atomic E-state index is 0.310. The SMILES string of the molecule is CC(C)c1ccc(COC2CCN(c3c(-c4ccncc4)nn4c3CN(C)CC4)CC2)cc1. The van der Waals surface area contributed by atoms with Gasteiger partial charge in [-0.05, 0) is 49.1 Å². The second-order valence-electron chi connectivity index (χ2n) is 9.73. The lowest BCUT2D eigenvalue weighted by Gasteiger charge is -2.35. The van der Waals surface area contributed by atoms with Crippen LogP contribution < -0.4 is 4.90 Å². The fourth-order valence-electron chi connectivity index (χ4n) is 4.92. The van der Waals surface area contributed by atoms with Gasteiger partial charge in [0.2, 0.25) is 0 Å². The summed E-state index contributed by atoms with van der Waals surface area (Å²) in [4.78, 5) is 9.12. The number of piperidine rings is 1. The molecule has 6 heteroatoms. The van der Waals surface area contributed by atoms with E-state index >= 15 is 0 Å². The van der Waals surface area contributed by atoms with Crippen LogP contribution in [0.4, 0.5) is 5.69 Å². The lowest BCUT2D eigenvalue weighted by atomic mass is 10.0. The Morgan fingerprint density at radius 1 is 0.970 bits per heavy atom. The number of benzene rings is 1. The van der Waals surface area contributed by atoms with Crippen molar-refractivity contribution in [2.45, 2.75) is 58.4 Å². The molecular formula is C27H35N5O. The third kappa shape index (κ3) is 4.82. The van der Waals surface area contributed by atoms with E-state index in [-0.39, 0.29) is 0 Å². The predicted molar refractivity (Wildman–Crippen MR) is 132 cm³/mol. The van der Waals surface area contributed by atoms with Gasteiger partial charge in [0.1, 0.15) is 5.69 Å². The summed E-state index contributed by atoms with van der Waals surface area (Å²) >= 11 is 0. The van der Waals surface area contributed by atoms with Gasteiger partial charge in [-0.1, -0.05) is 38.1 Å². The first kappa shape index (κ1) is 22.1. The first-order valence-electron chi connectivity index (χ1n) is 12.2. The van der Waals surface area contributed by atoms with E-state index < -0.39 is 0 Å². The van der Waals surface area contributed by atoms with Gasteiger partial charge in [0.05, 0.1) is 30.6 Å². The van der Waals surface area contributed by atoms with Crippen molar-refractivity contribution in [3.63, 3.8) is 0 Å². The Bertz CT molecular complexity index is 1050. The molecule has 5 rings (SSSR count). The number of ether oxygens (including phenoxy) is 1. The molecule has 3 aromatic rings. The van der Waals surface area contributed by atoms with Crippen molar-refractivity contribution in [3.05, 3.63) is 65.6 Å². The van der Waals surface area contributed by atoms with E-state index in [2.05, 4.69) is 76.8 Å². The second kappa shape index (κ2) is 9.65. The van der Waals surface area contributed by atoms with Crippen LogP contribution in [0.25, 0.3) is 11.3 Å². The van der Waals surface area contributed by atoms with Crippen LogP contribution in [0.15, 0.2) is 48.8 Å². The van der Waals surface area contributed by atoms with Gasteiger partial charge in [-0.3, -0.25) is 14.6 Å². The molecule has 0 radical (unpaired) electrons. The summed E-state index contributed by atoms with van der Waals surface area (Å²) in [5, 5.41) is 5.03. The van der Waals surface area contributed by atoms with Gasteiger partial charge in [0.25, 0.3) is 0 Å². The lowest BCUT2D eigenvalue weighted by Crippen LogP contribution is -2.38. The molecule has 0 spiro atoms. The zero-order valence-corrected chi connectivity index (χ0v) is 20.1. The third-order valence-electron chi connectivity index (χ3n) is 6.99. The van der Waals surface area contributed by atoms with Crippen LogP contribution in [0.1, 0.15) is 49.4 Å². The number of hydrogen-bond acceptors (Lipinski definition) is 5. The third-order valence-corrected chi connectivity index (χ3v) is 6.99. The molecule has 33 heavy (non-hydrogen) atoms. The lowest BCUT2D eigenvalue weighted by molar-refractivity contribution is 0.0251. The predicted octanol–water partition coefficient (Wildman–Crippen LogP) is 4.70. The molecule has 2 aliphatic heterocycles. The van der Waals surface area contributed by atoms with Gasteiger partial charge >= 0.3 is 0 Å². The van der Waals surface area contributed by atoms with E-state index in [4.69, 9.17) is 9.84 Å². The summed E-state index contributed by atoms with van der Waals surface area (Å²) in [5.41, 5.74) is 7.51. The molecule has 1 fully saturated rings. The molecular weight excluding hydrogens is 410 g/mol. The van der Waals surface area contributed by atoms with Crippen LogP contribution in [-0.2, 0) is 24.4 Å². The number of anilines is 1. The average Bonchev–Trinajstić information content (AvgIpc) is 3.22. The number of rotatable bonds is 6. The highest BCUT2D eigenvalue weighted by atomic mass is 16.5. The Morgan fingerprint density at radius 2 is 1.70 bits per heavy atom. The van der Waals surface area contributed by atoms with Crippen LogP contribution in [0.5, 0.6) is 0 Å². The smallest absolute Gasteiger partial charge is 0.116 e. The minimum absolute atomic E-state index is 0.310. The first-order chi connectivity index (χ1) is 16.1. The van der Waals surface area contributed by atoms with E-state index in [1.807, 2.05) is 12.4 Å². The van der Waals surface area contributed by atoms with Gasteiger partial charge in [0.15, 0.2) is 0 Å². The van der Waals surface area contributed by atoms with E-state index in [0.717, 1.165) is 56.8 Å². The highest BCUT2D eigenvalue weighted by molar-refractivity contribution is 5.77. The van der Waals surface area contributed by atoms with Gasteiger partial charge in [0, 0.05) is 44.1 Å². The minimum Gasteiger partial charge on any atom is -0.373 e. The quantitative estimate of drug-likeness (QED) is 0.550. The normalized spacial score (nSPS) is 17.5. The molecule has 0 atom stereocenters. The van der Waals surface area contributed by atoms with E-state index in [1.54, 1.807) is 0 Å². The molecule has 0 unspecified atom stereocenters. The highest BCUT2D eigenvalue weighted by Crippen LogP contribution is 2.37. The van der Waals surface area contributed by atoms with Gasteiger partial charge in [-0.15, -0.1) is 0 Å². The molecule has 0 N–H and O–H groups in total. The van der Waals surface area contributed by atoms with Crippen molar-refractivity contribution in [2.75, 3.05) is 31.6 Å². The Balaban J connectivity index is 1.27. The average molecular weight is 446 g/mol. The fraction of sp³-hybridized carbons (Fsp3) is 0.481. The van der Waals surface area contributed by atoms with Crippen LogP contribution in [-0.4, -0.2) is 52.5 Å². The van der Waals surface area contributed by atoms with Crippen LogP contribution in [0.3, 0.4) is 0 Å². The van der Waals surface area contributed by atoms with Crippen molar-refractivity contribution in [1.29, 1.82) is 0 Å². The van der Waals surface area contributed by atoms with Crippen molar-refractivity contribution >= 4 is 5.69 Å². The summed E-state index contributed by atoms with van der Waals surface area (Å²) < 4.78 is 8.53. The zero-order chi connectivity index (χ0) is 22.8. The number of hydrogen-bond donors (Lipinski definition) is 0. The summed E-state index contributed by atoms with van der Waals surface area (Å²) in [6.07, 6.45) is 6.11. The van der Waals surface area contributed by atoms with Crippen molar-refractivity contribution in [3.8, 4) is 11.3 Å². The Hall–Kier alpha value is -2.70. The standard InChI is InChI=1S/C27H35N5O/c1-20(2)22-6-4-21(5-7-22)19-33-24-10-14-31(15-11-24)27-25-18-30(3)16-17-32(25)29-26(27)23-8-12-28-13-9-23/h4-9,12-13,20,24H,10-11,14-19H2,1-3H3. The number of pyridine rings is 1. The van der Waals surface area contributed by atoms with E-state index in [1.165, 1.54) is 22.5 Å². The maximum atomic E-state index is 6.32. The Morgan fingerprint density at radius 3 is 2.39 bits per heavy atom. The molecule has 6 nitrogen and oxygen atoms in total. The van der Waals surface area contributed by atoms with E-state index in [0.29, 0.717) is 18.6 Å². The van der Waals surface area contributed by atoms with Gasteiger partial charge in [-0.25, -0.2) is 0 Å². The summed E-state index contributed by atoms with van der Waals surface area (Å²) in [6, 6.07) is 13.0. The summed E-state index contributed by atoms with van der Waals surface area (Å²) in [7, 11) is 2.19. The molecule has 0 saturated carbocycles. The molecule has 2 aliphatic rings. The maximum Gasteiger partial charge on any atom is 0.116 e.